The molecule has 2 aliphatic carbocycles. The van der Waals surface area contributed by atoms with E-state index in [9.17, 15) is 37.1 Å². The molecular weight excluding hydrogens is 930 g/mol. The Labute approximate surface area is 420 Å². The second-order valence-electron chi connectivity index (χ2n) is 20.9. The highest BCUT2D eigenvalue weighted by molar-refractivity contribution is 5.93. The Kier molecular flexibility index (Phi) is 17.3. The third-order valence-corrected chi connectivity index (χ3v) is 16.2. The number of nitrogens with zero attached hydrogens (tertiary/aromatic N) is 8. The van der Waals surface area contributed by atoms with Crippen LogP contribution in [0.2, 0.25) is 0 Å². The van der Waals surface area contributed by atoms with Crippen LogP contribution in [0.5, 0.6) is 0 Å². The molecule has 5 aliphatic rings. The number of carbonyl (C=O) groups is 5. The molecular formula is C52H73F3N12O5. The standard InChI is InChI=1S/C52H73F3N12O5/c1-33(2)63(3)38-14-16-44(67-23-17-42(51(67)72)61-47-39-28-37(52(53,54)55)13-15-41(39)59-32-60-47)43(29-38)62-49(70)35-11-9-34(10-12-35)48(69)57-19-6-21-65-24-26-66(27-25-65)22-7-20-58-50(71)40-30-45(68)64(4)46(40)36-8-5-18-56-31-36/h5,8,13,15,18,28,31-35,38,40,42-44,46H,6-7,9-12,14,16-17,19-27,29-30H2,1-4H3,(H,57,69)(H,58,71)(H,62,70)(H,59,60,61)/t34?,35?,38-,40+,42+,43-,44+,46-/m1/s1. The fourth-order valence-corrected chi connectivity index (χ4v) is 11.7. The molecule has 5 heterocycles. The van der Waals surface area contributed by atoms with E-state index in [0.29, 0.717) is 76.1 Å². The van der Waals surface area contributed by atoms with Crippen molar-refractivity contribution in [2.24, 2.45) is 17.8 Å². The molecule has 2 saturated carbocycles. The molecule has 4 N–H and O–H groups in total. The van der Waals surface area contributed by atoms with E-state index in [-0.39, 0.29) is 83.2 Å². The fourth-order valence-electron chi connectivity index (χ4n) is 11.7. The van der Waals surface area contributed by atoms with Gasteiger partial charge in [0.2, 0.25) is 29.5 Å². The molecule has 3 aliphatic heterocycles. The normalized spacial score (nSPS) is 26.7. The number of anilines is 1. The highest BCUT2D eigenvalue weighted by atomic mass is 19.4. The largest absolute Gasteiger partial charge is 0.416 e. The lowest BCUT2D eigenvalue weighted by Gasteiger charge is -2.45. The number of rotatable bonds is 18. The number of amides is 5. The Balaban J connectivity index is 0.738. The summed E-state index contributed by atoms with van der Waals surface area (Å²) in [5.41, 5.74) is 0.386. The van der Waals surface area contributed by atoms with Crippen LogP contribution in [0.25, 0.3) is 10.9 Å². The number of pyridine rings is 1. The van der Waals surface area contributed by atoms with Gasteiger partial charge in [0.05, 0.1) is 35.1 Å². The Morgan fingerprint density at radius 2 is 1.50 bits per heavy atom. The van der Waals surface area contributed by atoms with E-state index >= 15 is 0 Å². The molecule has 8 rings (SSSR count). The lowest BCUT2D eigenvalue weighted by atomic mass is 9.80. The molecule has 20 heteroatoms. The molecule has 5 amide bonds. The van der Waals surface area contributed by atoms with E-state index < -0.39 is 23.7 Å². The summed E-state index contributed by atoms with van der Waals surface area (Å²) in [6, 6.07) is 6.01. The quantitative estimate of drug-likeness (QED) is 0.131. The maximum Gasteiger partial charge on any atom is 0.416 e. The van der Waals surface area contributed by atoms with Crippen LogP contribution in [0.15, 0.2) is 49.1 Å². The van der Waals surface area contributed by atoms with Gasteiger partial charge >= 0.3 is 6.18 Å². The van der Waals surface area contributed by atoms with E-state index in [1.165, 1.54) is 12.4 Å². The number of piperazine rings is 1. The Morgan fingerprint density at radius 1 is 0.833 bits per heavy atom. The van der Waals surface area contributed by atoms with Crippen molar-refractivity contribution in [3.05, 3.63) is 60.2 Å². The number of alkyl halides is 3. The number of likely N-dealkylation sites (tertiary alicyclic amines) is 2. The first-order valence-corrected chi connectivity index (χ1v) is 26.1. The number of aromatic nitrogens is 3. The van der Waals surface area contributed by atoms with E-state index in [1.54, 1.807) is 24.3 Å². The molecule has 1 aromatic carbocycles. The van der Waals surface area contributed by atoms with E-state index in [1.807, 2.05) is 17.0 Å². The topological polar surface area (TPSA) is 188 Å². The number of carbonyl (C=O) groups excluding carboxylic acids is 5. The molecule has 3 aromatic rings. The first-order valence-electron chi connectivity index (χ1n) is 26.1. The fraction of sp³-hybridized carbons (Fsp3) is 0.654. The van der Waals surface area contributed by atoms with E-state index in [2.05, 4.69) is 71.8 Å². The Bertz CT molecular complexity index is 2360. The van der Waals surface area contributed by atoms with Crippen molar-refractivity contribution in [2.75, 3.05) is 78.3 Å². The minimum atomic E-state index is -4.54. The third-order valence-electron chi connectivity index (χ3n) is 16.2. The van der Waals surface area contributed by atoms with Crippen molar-refractivity contribution >= 4 is 46.3 Å². The Hall–Kier alpha value is -5.47. The summed E-state index contributed by atoms with van der Waals surface area (Å²) >= 11 is 0. The second kappa shape index (κ2) is 23.6. The molecule has 17 nitrogen and oxygen atoms in total. The molecule has 392 valence electrons. The predicted octanol–water partition coefficient (Wildman–Crippen LogP) is 4.46. The minimum Gasteiger partial charge on any atom is -0.358 e. The van der Waals surface area contributed by atoms with Crippen LogP contribution in [-0.2, 0) is 30.1 Å². The van der Waals surface area contributed by atoms with Crippen LogP contribution < -0.4 is 21.3 Å². The van der Waals surface area contributed by atoms with E-state index in [0.717, 1.165) is 76.2 Å². The van der Waals surface area contributed by atoms with Gasteiger partial charge in [0.15, 0.2) is 0 Å². The minimum absolute atomic E-state index is 0.0380. The zero-order valence-electron chi connectivity index (χ0n) is 42.2. The monoisotopic (exact) mass is 1000 g/mol. The van der Waals surface area contributed by atoms with Gasteiger partial charge in [-0.1, -0.05) is 6.07 Å². The first kappa shape index (κ1) is 52.8. The van der Waals surface area contributed by atoms with Crippen LogP contribution in [0.1, 0.15) is 102 Å². The molecule has 0 unspecified atom stereocenters. The maximum absolute atomic E-state index is 14.1. The average Bonchev–Trinajstić information content (AvgIpc) is 3.89. The number of fused-ring (bicyclic) bond motifs is 1. The maximum atomic E-state index is 14.1. The van der Waals surface area contributed by atoms with Crippen molar-refractivity contribution in [2.45, 2.75) is 127 Å². The Morgan fingerprint density at radius 3 is 2.14 bits per heavy atom. The summed E-state index contributed by atoms with van der Waals surface area (Å²) in [5.74, 6) is -0.934. The van der Waals surface area contributed by atoms with Crippen molar-refractivity contribution < 1.29 is 37.1 Å². The average molecular weight is 1000 g/mol. The summed E-state index contributed by atoms with van der Waals surface area (Å²) in [7, 11) is 3.84. The smallest absolute Gasteiger partial charge is 0.358 e. The highest BCUT2D eigenvalue weighted by Crippen LogP contribution is 2.38. The number of benzene rings is 1. The van der Waals surface area contributed by atoms with Crippen molar-refractivity contribution in [1.29, 1.82) is 0 Å². The van der Waals surface area contributed by atoms with Gasteiger partial charge in [0.25, 0.3) is 0 Å². The number of hydrogen-bond donors (Lipinski definition) is 4. The van der Waals surface area contributed by atoms with Gasteiger partial charge in [-0.2, -0.15) is 13.2 Å². The lowest BCUT2D eigenvalue weighted by molar-refractivity contribution is -0.137. The van der Waals surface area contributed by atoms with Gasteiger partial charge in [-0.25, -0.2) is 9.97 Å². The highest BCUT2D eigenvalue weighted by Gasteiger charge is 2.45. The van der Waals surface area contributed by atoms with Gasteiger partial charge in [-0.05, 0) is 128 Å². The van der Waals surface area contributed by atoms with E-state index in [4.69, 9.17) is 0 Å². The van der Waals surface area contributed by atoms with Crippen molar-refractivity contribution in [3.63, 3.8) is 0 Å². The summed E-state index contributed by atoms with van der Waals surface area (Å²) in [6.45, 7) is 11.4. The summed E-state index contributed by atoms with van der Waals surface area (Å²) in [4.78, 5) is 90.3. The summed E-state index contributed by atoms with van der Waals surface area (Å²) in [5, 5.41) is 12.9. The number of halogens is 3. The zero-order chi connectivity index (χ0) is 51.1. The summed E-state index contributed by atoms with van der Waals surface area (Å²) < 4.78 is 40.8. The van der Waals surface area contributed by atoms with Gasteiger partial charge in [-0.3, -0.25) is 29.0 Å². The summed E-state index contributed by atoms with van der Waals surface area (Å²) in [6.07, 6.45) is 7.15. The van der Waals surface area contributed by atoms with Crippen molar-refractivity contribution in [3.8, 4) is 0 Å². The molecule has 0 bridgehead atoms. The number of nitrogens with one attached hydrogen (secondary N) is 4. The second-order valence-corrected chi connectivity index (χ2v) is 20.9. The SMILES string of the molecule is CC(C)N(C)[C@@H]1CC[C@H](N2CC[C@H](Nc3ncnc4ccc(C(F)(F)F)cc34)C2=O)[C@H](NC(=O)C2CCC(C(=O)NCCCN3CCN(CCCNC(=O)[C@H]4CC(=O)N(C)[C@@H]4c4cccnc4)CC3)CC2)C1. The van der Waals surface area contributed by atoms with Crippen LogP contribution >= 0.6 is 0 Å². The molecule has 5 fully saturated rings. The number of hydrogen-bond acceptors (Lipinski definition) is 12. The van der Waals surface area contributed by atoms with Crippen LogP contribution in [0.3, 0.4) is 0 Å². The molecule has 6 atom stereocenters. The van der Waals surface area contributed by atoms with Gasteiger partial charge in [0.1, 0.15) is 18.2 Å². The van der Waals surface area contributed by atoms with Gasteiger partial charge in [-0.15, -0.1) is 0 Å². The van der Waals surface area contributed by atoms with Crippen molar-refractivity contribution in [1.82, 2.24) is 55.4 Å². The van der Waals surface area contributed by atoms with Crippen LogP contribution in [0, 0.1) is 17.8 Å². The first-order chi connectivity index (χ1) is 34.5. The third kappa shape index (κ3) is 12.6. The zero-order valence-corrected chi connectivity index (χ0v) is 42.2. The molecule has 3 saturated heterocycles. The predicted molar refractivity (Wildman–Crippen MR) is 266 cm³/mol. The molecule has 72 heavy (non-hydrogen) atoms. The van der Waals surface area contributed by atoms with Crippen LogP contribution in [0.4, 0.5) is 19.0 Å². The molecule has 0 spiro atoms. The molecule has 0 radical (unpaired) electrons. The molecule has 2 aromatic heterocycles. The van der Waals surface area contributed by atoms with Gasteiger partial charge in [0, 0.05) is 101 Å². The van der Waals surface area contributed by atoms with Crippen LogP contribution in [-0.4, -0.2) is 172 Å². The van der Waals surface area contributed by atoms with Gasteiger partial charge < -0.3 is 45.8 Å². The lowest BCUT2D eigenvalue weighted by Crippen LogP contribution is -2.59.